The van der Waals surface area contributed by atoms with Gasteiger partial charge in [0.25, 0.3) is 0 Å². The highest BCUT2D eigenvalue weighted by Crippen LogP contribution is 2.09. The Labute approximate surface area is 72.4 Å². The van der Waals surface area contributed by atoms with Gasteiger partial charge < -0.3 is 32.4 Å². The smallest absolute Gasteiger partial charge is 0.0479 e. The topological polar surface area (TPSA) is 156 Å². The zero-order valence-electron chi connectivity index (χ0n) is 8.38. The second kappa shape index (κ2) is 10.2. The fourth-order valence-corrected chi connectivity index (χ4v) is 0. The van der Waals surface area contributed by atoms with Crippen molar-refractivity contribution in [1.82, 2.24) is 12.3 Å². The Balaban J connectivity index is -0.0000000483. The van der Waals surface area contributed by atoms with E-state index in [2.05, 4.69) is 0 Å². The van der Waals surface area contributed by atoms with Crippen LogP contribution in [0.4, 0.5) is 4.79 Å². The van der Waals surface area contributed by atoms with E-state index in [1.165, 1.54) is 0 Å². The van der Waals surface area contributed by atoms with E-state index in [4.69, 9.17) is 20.1 Å². The molecule has 0 aliphatic heterocycles. The number of aliphatic hydroxyl groups excluding tert-OH is 1. The molecule has 0 rings (SSSR count). The summed E-state index contributed by atoms with van der Waals surface area (Å²) < 4.78 is 0. The molecule has 78 valence electrons. The lowest BCUT2D eigenvalue weighted by Crippen LogP contribution is -2.37. The second-order valence-electron chi connectivity index (χ2n) is 2.97. The average Bonchev–Trinajstić information content (AvgIpc) is 1.63. The van der Waals surface area contributed by atoms with Gasteiger partial charge in [-0.25, -0.2) is 0 Å². The van der Waals surface area contributed by atoms with Crippen LogP contribution in [0.5, 0.6) is 0 Å². The summed E-state index contributed by atoms with van der Waals surface area (Å²) >= 11 is 0. The first-order valence-corrected chi connectivity index (χ1v) is 2.78. The van der Waals surface area contributed by atoms with Crippen LogP contribution in [0.3, 0.4) is 0 Å². The van der Waals surface area contributed by atoms with Crippen molar-refractivity contribution >= 4 is 6.16 Å². The van der Waals surface area contributed by atoms with Crippen LogP contribution < -0.4 is 22.5 Å². The number of hydrogen-bond acceptors (Lipinski definition) is 4. The monoisotopic (exact) mass is 184 g/mol. The number of aliphatic hydroxyl groups is 1. The molecule has 0 spiro atoms. The van der Waals surface area contributed by atoms with Crippen LogP contribution in [0.1, 0.15) is 20.8 Å². The van der Waals surface area contributed by atoms with E-state index >= 15 is 0 Å². The molecule has 0 aromatic carbocycles. The second-order valence-corrected chi connectivity index (χ2v) is 2.97. The van der Waals surface area contributed by atoms with Crippen molar-refractivity contribution in [3.63, 3.8) is 0 Å². The van der Waals surface area contributed by atoms with E-state index < -0.39 is 6.16 Å². The first kappa shape index (κ1) is 22.5. The van der Waals surface area contributed by atoms with E-state index in [1.54, 1.807) is 0 Å². The Kier molecular flexibility index (Phi) is 19.0. The molecule has 0 aliphatic carbocycles. The quantitative estimate of drug-likeness (QED) is 0.456. The largest absolute Gasteiger partial charge is 0.652 e. The summed E-state index contributed by atoms with van der Waals surface area (Å²) in [6, 6.07) is 0. The molecule has 0 aliphatic rings. The fraction of sp³-hybridized carbons (Fsp3) is 0.833. The molecule has 0 aromatic rings. The van der Waals surface area contributed by atoms with E-state index in [1.807, 2.05) is 20.8 Å². The van der Waals surface area contributed by atoms with Gasteiger partial charge in [-0.2, -0.15) is 0 Å². The van der Waals surface area contributed by atoms with Crippen LogP contribution in [0, 0.1) is 5.41 Å². The van der Waals surface area contributed by atoms with Gasteiger partial charge in [-0.3, -0.25) is 0 Å². The lowest BCUT2D eigenvalue weighted by atomic mass is 9.99. The summed E-state index contributed by atoms with van der Waals surface area (Å²) in [6.45, 7) is 6.25. The molecule has 0 saturated carbocycles. The predicted octanol–water partition coefficient (Wildman–Crippen LogP) is -0.670. The molecule has 0 aromatic heterocycles. The van der Waals surface area contributed by atoms with Crippen molar-refractivity contribution in [2.75, 3.05) is 6.61 Å². The summed E-state index contributed by atoms with van der Waals surface area (Å²) in [7, 11) is 0. The van der Waals surface area contributed by atoms with Gasteiger partial charge in [0.1, 0.15) is 0 Å². The maximum Gasteiger partial charge on any atom is 0.0479 e. The van der Waals surface area contributed by atoms with E-state index in [-0.39, 0.29) is 24.3 Å². The minimum atomic E-state index is -2.33. The van der Waals surface area contributed by atoms with Crippen LogP contribution in [0.15, 0.2) is 0 Å². The zero-order valence-corrected chi connectivity index (χ0v) is 8.38. The zero-order chi connectivity index (χ0) is 8.78. The van der Waals surface area contributed by atoms with Crippen molar-refractivity contribution in [3.05, 3.63) is 0 Å². The number of hydrogen-bond donors (Lipinski definition) is 3. The van der Waals surface area contributed by atoms with Crippen LogP contribution in [0.25, 0.3) is 0 Å². The molecule has 6 heteroatoms. The molecule has 6 nitrogen and oxygen atoms in total. The third kappa shape index (κ3) is 131. The summed E-state index contributed by atoms with van der Waals surface area (Å²) in [6.07, 6.45) is -2.33. The maximum atomic E-state index is 8.40. The van der Waals surface area contributed by atoms with Gasteiger partial charge in [0.2, 0.25) is 0 Å². The van der Waals surface area contributed by atoms with Gasteiger partial charge >= 0.3 is 0 Å². The Morgan fingerprint density at radius 2 is 1.33 bits per heavy atom. The number of carbonyl (C=O) groups is 1. The molecular weight excluding hydrogens is 164 g/mol. The lowest BCUT2D eigenvalue weighted by molar-refractivity contribution is -0.415. The van der Waals surface area contributed by atoms with Gasteiger partial charge in [-0.1, -0.05) is 20.8 Å². The van der Waals surface area contributed by atoms with Crippen molar-refractivity contribution in [3.8, 4) is 0 Å². The number of carbonyl (C=O) groups excluding carboxylic acids is 1. The van der Waals surface area contributed by atoms with Crippen molar-refractivity contribution in [2.45, 2.75) is 20.8 Å². The van der Waals surface area contributed by atoms with Crippen molar-refractivity contribution in [1.29, 1.82) is 0 Å². The van der Waals surface area contributed by atoms with Gasteiger partial charge in [0, 0.05) is 6.61 Å². The molecule has 0 radical (unpaired) electrons. The van der Waals surface area contributed by atoms with Crippen LogP contribution in [0.2, 0.25) is 0 Å². The third-order valence-electron chi connectivity index (χ3n) is 0.474. The van der Waals surface area contributed by atoms with E-state index in [0.717, 1.165) is 0 Å². The van der Waals surface area contributed by atoms with Crippen LogP contribution in [-0.4, -0.2) is 17.9 Å². The highest BCUT2D eigenvalue weighted by Gasteiger charge is 2.05. The number of rotatable bonds is 0. The summed E-state index contributed by atoms with van der Waals surface area (Å²) in [4.78, 5) is 8.33. The van der Waals surface area contributed by atoms with E-state index in [0.29, 0.717) is 0 Å². The predicted molar refractivity (Wildman–Crippen MR) is 43.9 cm³/mol. The number of carboxylic acid groups (broad SMARTS) is 2. The minimum absolute atomic E-state index is 0. The Morgan fingerprint density at radius 3 is 1.33 bits per heavy atom. The Hall–Kier alpha value is -0.850. The molecule has 9 N–H and O–H groups in total. The standard InChI is InChI=1S/C5H12O.CH2O3.2H3N/c1-5(2,3)4-6;2-1(3)4;;/h6H,4H2,1-3H3;(H2,2,3,4);2*1H3. The number of quaternary nitrogens is 2. The van der Waals surface area contributed by atoms with Gasteiger partial charge in [0.15, 0.2) is 0 Å². The summed E-state index contributed by atoms with van der Waals surface area (Å²) in [5, 5.41) is 25.1. The third-order valence-corrected chi connectivity index (χ3v) is 0.474. The first-order chi connectivity index (χ1) is 4.29. The maximum absolute atomic E-state index is 8.40. The van der Waals surface area contributed by atoms with Crippen LogP contribution in [-0.2, 0) is 0 Å². The average molecular weight is 184 g/mol. The van der Waals surface area contributed by atoms with Crippen molar-refractivity contribution in [2.24, 2.45) is 5.41 Å². The normalized spacial score (nSPS) is 8.00. The summed E-state index contributed by atoms with van der Waals surface area (Å²) in [5.41, 5.74) is 0.0972. The van der Waals surface area contributed by atoms with Gasteiger partial charge in [0.05, 0.1) is 0 Å². The highest BCUT2D eigenvalue weighted by molar-refractivity contribution is 5.47. The van der Waals surface area contributed by atoms with Gasteiger partial charge in [-0.05, 0) is 11.6 Å². The molecule has 12 heavy (non-hydrogen) atoms. The molecule has 0 amide bonds. The molecule has 0 saturated heterocycles. The molecule has 0 fully saturated rings. The molecule has 0 bridgehead atoms. The van der Waals surface area contributed by atoms with Gasteiger partial charge in [-0.15, -0.1) is 0 Å². The Morgan fingerprint density at radius 1 is 1.25 bits per heavy atom. The van der Waals surface area contributed by atoms with Crippen LogP contribution >= 0.6 is 0 Å². The fourth-order valence-electron chi connectivity index (χ4n) is 0. The molecular formula is C6H20N2O4. The SMILES string of the molecule is CC(C)(C)CO.O=C([O-])[O-].[NH4+].[NH4+]. The highest BCUT2D eigenvalue weighted by atomic mass is 16.6. The summed E-state index contributed by atoms with van der Waals surface area (Å²) in [5.74, 6) is 0. The molecule has 0 unspecified atom stereocenters. The minimum Gasteiger partial charge on any atom is -0.652 e. The molecule has 0 heterocycles. The van der Waals surface area contributed by atoms with E-state index in [9.17, 15) is 0 Å². The Bertz CT molecular complexity index is 96.2. The van der Waals surface area contributed by atoms with Crippen molar-refractivity contribution < 1.29 is 20.1 Å². The first-order valence-electron chi connectivity index (χ1n) is 2.78. The lowest BCUT2D eigenvalue weighted by Gasteiger charge is -2.11. The molecule has 0 atom stereocenters.